The first kappa shape index (κ1) is 13.2. The van der Waals surface area contributed by atoms with E-state index in [0.29, 0.717) is 12.5 Å². The van der Waals surface area contributed by atoms with Gasteiger partial charge in [0, 0.05) is 37.4 Å². The highest BCUT2D eigenvalue weighted by molar-refractivity contribution is 5.05. The summed E-state index contributed by atoms with van der Waals surface area (Å²) in [6, 6.07) is 0. The Labute approximate surface area is 98.4 Å². The zero-order valence-electron chi connectivity index (χ0n) is 11.1. The second kappa shape index (κ2) is 4.97. The number of nitrogens with two attached hydrogens (primary N) is 1. The highest BCUT2D eigenvalue weighted by atomic mass is 15.2. The van der Waals surface area contributed by atoms with E-state index in [4.69, 9.17) is 5.73 Å². The first-order valence-electron chi connectivity index (χ1n) is 5.79. The van der Waals surface area contributed by atoms with Gasteiger partial charge in [-0.2, -0.15) is 5.10 Å². The van der Waals surface area contributed by atoms with Gasteiger partial charge in [0.2, 0.25) is 0 Å². The summed E-state index contributed by atoms with van der Waals surface area (Å²) in [7, 11) is 4.06. The zero-order chi connectivity index (χ0) is 12.3. The van der Waals surface area contributed by atoms with Gasteiger partial charge in [-0.1, -0.05) is 13.8 Å². The highest BCUT2D eigenvalue weighted by Crippen LogP contribution is 2.23. The quantitative estimate of drug-likeness (QED) is 0.818. The van der Waals surface area contributed by atoms with Crippen molar-refractivity contribution in [3.8, 4) is 0 Å². The van der Waals surface area contributed by atoms with Crippen molar-refractivity contribution in [2.75, 3.05) is 13.6 Å². The number of nitrogens with zero attached hydrogens (tertiary/aromatic N) is 3. The van der Waals surface area contributed by atoms with Crippen molar-refractivity contribution in [2.45, 2.75) is 32.9 Å². The van der Waals surface area contributed by atoms with Crippen molar-refractivity contribution in [1.82, 2.24) is 14.7 Å². The lowest BCUT2D eigenvalue weighted by Crippen LogP contribution is -2.53. The second-order valence-electron chi connectivity index (χ2n) is 5.09. The molecule has 0 aliphatic heterocycles. The molecule has 0 amide bonds. The van der Waals surface area contributed by atoms with Gasteiger partial charge in [-0.15, -0.1) is 0 Å². The van der Waals surface area contributed by atoms with E-state index in [2.05, 4.69) is 37.8 Å². The molecule has 16 heavy (non-hydrogen) atoms. The smallest absolute Gasteiger partial charge is 0.0534 e. The average molecular weight is 224 g/mol. The monoisotopic (exact) mass is 224 g/mol. The first-order valence-corrected chi connectivity index (χ1v) is 5.79. The van der Waals surface area contributed by atoms with Gasteiger partial charge in [0.15, 0.2) is 0 Å². The number of aromatic nitrogens is 2. The van der Waals surface area contributed by atoms with Crippen molar-refractivity contribution in [1.29, 1.82) is 0 Å². The van der Waals surface area contributed by atoms with Crippen LogP contribution in [0, 0.1) is 5.92 Å². The highest BCUT2D eigenvalue weighted by Gasteiger charge is 2.31. The molecule has 92 valence electrons. The standard InChI is InChI=1S/C12H24N4/c1-10(2)12(3,9-13)15(4)7-11-6-14-16(5)8-11/h6,8,10H,7,9,13H2,1-5H3. The molecule has 2 N–H and O–H groups in total. The van der Waals surface area contributed by atoms with Crippen molar-refractivity contribution in [2.24, 2.45) is 18.7 Å². The number of rotatable bonds is 5. The molecule has 0 aromatic carbocycles. The molecule has 1 atom stereocenters. The fourth-order valence-electron chi connectivity index (χ4n) is 1.84. The molecule has 0 aliphatic rings. The van der Waals surface area contributed by atoms with Gasteiger partial charge in [-0.3, -0.25) is 9.58 Å². The SMILES string of the molecule is CC(C)C(C)(CN)N(C)Cc1cnn(C)c1. The van der Waals surface area contributed by atoms with Crippen molar-refractivity contribution in [3.05, 3.63) is 18.0 Å². The predicted octanol–water partition coefficient (Wildman–Crippen LogP) is 1.23. The molecule has 1 heterocycles. The molecule has 0 aliphatic carbocycles. The molecule has 1 aromatic rings. The summed E-state index contributed by atoms with van der Waals surface area (Å²) in [5, 5.41) is 4.18. The number of hydrogen-bond acceptors (Lipinski definition) is 3. The van der Waals surface area contributed by atoms with E-state index in [1.54, 1.807) is 0 Å². The normalized spacial score (nSPS) is 15.8. The van der Waals surface area contributed by atoms with Crippen LogP contribution in [0.2, 0.25) is 0 Å². The van der Waals surface area contributed by atoms with Crippen LogP contribution in [0.4, 0.5) is 0 Å². The summed E-state index contributed by atoms with van der Waals surface area (Å²) in [4.78, 5) is 2.31. The van der Waals surface area contributed by atoms with Gasteiger partial charge in [-0.25, -0.2) is 0 Å². The summed E-state index contributed by atoms with van der Waals surface area (Å²) in [6.07, 6.45) is 3.96. The molecular formula is C12H24N4. The fourth-order valence-corrected chi connectivity index (χ4v) is 1.84. The predicted molar refractivity (Wildman–Crippen MR) is 67.0 cm³/mol. The molecule has 4 heteroatoms. The minimum Gasteiger partial charge on any atom is -0.329 e. The van der Waals surface area contributed by atoms with Crippen LogP contribution in [-0.2, 0) is 13.6 Å². The third-order valence-electron chi connectivity index (χ3n) is 3.71. The van der Waals surface area contributed by atoms with E-state index in [-0.39, 0.29) is 5.54 Å². The first-order chi connectivity index (χ1) is 7.40. The minimum absolute atomic E-state index is 0.0375. The lowest BCUT2D eigenvalue weighted by Gasteiger charge is -2.41. The van der Waals surface area contributed by atoms with Crippen molar-refractivity contribution < 1.29 is 0 Å². The van der Waals surface area contributed by atoms with Crippen LogP contribution in [0.1, 0.15) is 26.3 Å². The molecule has 0 bridgehead atoms. The Morgan fingerprint density at radius 2 is 2.19 bits per heavy atom. The summed E-state index contributed by atoms with van der Waals surface area (Å²) in [5.41, 5.74) is 7.17. The molecule has 0 fully saturated rings. The van der Waals surface area contributed by atoms with Crippen LogP contribution in [0.3, 0.4) is 0 Å². The Balaban J connectivity index is 2.73. The number of likely N-dealkylation sites (N-methyl/N-ethyl adjacent to an activating group) is 1. The molecule has 0 saturated carbocycles. The Morgan fingerprint density at radius 1 is 1.56 bits per heavy atom. The van der Waals surface area contributed by atoms with E-state index in [9.17, 15) is 0 Å². The van der Waals surface area contributed by atoms with E-state index < -0.39 is 0 Å². The summed E-state index contributed by atoms with van der Waals surface area (Å²) in [5.74, 6) is 0.527. The molecule has 1 unspecified atom stereocenters. The number of hydrogen-bond donors (Lipinski definition) is 1. The van der Waals surface area contributed by atoms with Crippen LogP contribution in [-0.4, -0.2) is 33.8 Å². The van der Waals surface area contributed by atoms with Gasteiger partial charge >= 0.3 is 0 Å². The fraction of sp³-hybridized carbons (Fsp3) is 0.750. The van der Waals surface area contributed by atoms with Crippen molar-refractivity contribution in [3.63, 3.8) is 0 Å². The van der Waals surface area contributed by atoms with Crippen LogP contribution < -0.4 is 5.73 Å². The van der Waals surface area contributed by atoms with E-state index in [0.717, 1.165) is 6.54 Å². The van der Waals surface area contributed by atoms with Crippen LogP contribution in [0.5, 0.6) is 0 Å². The van der Waals surface area contributed by atoms with Gasteiger partial charge in [0.25, 0.3) is 0 Å². The van der Waals surface area contributed by atoms with Gasteiger partial charge in [0.1, 0.15) is 0 Å². The molecule has 0 spiro atoms. The van der Waals surface area contributed by atoms with Gasteiger partial charge in [0.05, 0.1) is 6.20 Å². The summed E-state index contributed by atoms with van der Waals surface area (Å²) < 4.78 is 1.83. The van der Waals surface area contributed by atoms with E-state index >= 15 is 0 Å². The van der Waals surface area contributed by atoms with E-state index in [1.165, 1.54) is 5.56 Å². The van der Waals surface area contributed by atoms with Gasteiger partial charge < -0.3 is 5.73 Å². The maximum atomic E-state index is 5.91. The molecular weight excluding hydrogens is 200 g/mol. The third-order valence-corrected chi connectivity index (χ3v) is 3.71. The molecule has 4 nitrogen and oxygen atoms in total. The Morgan fingerprint density at radius 3 is 2.56 bits per heavy atom. The molecule has 1 aromatic heterocycles. The topological polar surface area (TPSA) is 47.1 Å². The third kappa shape index (κ3) is 2.62. The lowest BCUT2D eigenvalue weighted by atomic mass is 9.87. The maximum Gasteiger partial charge on any atom is 0.0534 e. The molecule has 0 saturated heterocycles. The van der Waals surface area contributed by atoms with Gasteiger partial charge in [-0.05, 0) is 19.9 Å². The van der Waals surface area contributed by atoms with Crippen molar-refractivity contribution >= 4 is 0 Å². The zero-order valence-corrected chi connectivity index (χ0v) is 11.1. The Hall–Kier alpha value is -0.870. The molecule has 0 radical (unpaired) electrons. The maximum absolute atomic E-state index is 5.91. The number of aryl methyl sites for hydroxylation is 1. The Kier molecular flexibility index (Phi) is 4.10. The lowest BCUT2D eigenvalue weighted by molar-refractivity contribution is 0.0877. The van der Waals surface area contributed by atoms with Crippen LogP contribution >= 0.6 is 0 Å². The summed E-state index contributed by atoms with van der Waals surface area (Å²) in [6.45, 7) is 8.20. The Bertz CT molecular complexity index is 332. The largest absolute Gasteiger partial charge is 0.329 e. The van der Waals surface area contributed by atoms with Crippen LogP contribution in [0.25, 0.3) is 0 Å². The second-order valence-corrected chi connectivity index (χ2v) is 5.09. The summed E-state index contributed by atoms with van der Waals surface area (Å²) >= 11 is 0. The minimum atomic E-state index is 0.0375. The average Bonchev–Trinajstić information content (AvgIpc) is 2.62. The molecule has 1 rings (SSSR count). The van der Waals surface area contributed by atoms with Crippen LogP contribution in [0.15, 0.2) is 12.4 Å². The van der Waals surface area contributed by atoms with E-state index in [1.807, 2.05) is 24.1 Å².